The lowest BCUT2D eigenvalue weighted by atomic mass is 10.2. The van der Waals surface area contributed by atoms with Crippen LogP contribution in [0.5, 0.6) is 0 Å². The van der Waals surface area contributed by atoms with E-state index in [1.54, 1.807) is 6.08 Å². The molecule has 0 radical (unpaired) electrons. The van der Waals surface area contributed by atoms with Gasteiger partial charge in [0, 0.05) is 12.6 Å². The second kappa shape index (κ2) is 5.09. The summed E-state index contributed by atoms with van der Waals surface area (Å²) in [6.45, 7) is 0.362. The zero-order chi connectivity index (χ0) is 16.0. The fourth-order valence-electron chi connectivity index (χ4n) is 2.51. The molecule has 7 nitrogen and oxygen atoms in total. The van der Waals surface area contributed by atoms with E-state index in [1.165, 1.54) is 4.90 Å². The molecule has 0 saturated carbocycles. The standard InChI is InChI=1S/C13H10FN3O4S/c14-7-5-11(22)10(17(20)21)6-9(7)16-12(18)8-3-1-2-4-15(8)13(16)19/h3,5-6,22H,1-2,4H2. The number of halogens is 1. The Bertz CT molecular complexity index is 749. The Morgan fingerprint density at radius 3 is 2.68 bits per heavy atom. The van der Waals surface area contributed by atoms with Gasteiger partial charge in [-0.15, -0.1) is 12.6 Å². The number of nitro groups is 1. The number of urea groups is 1. The van der Waals surface area contributed by atoms with Crippen LogP contribution in [0.25, 0.3) is 0 Å². The van der Waals surface area contributed by atoms with Crippen molar-refractivity contribution in [1.29, 1.82) is 0 Å². The molecule has 0 bridgehead atoms. The summed E-state index contributed by atoms with van der Waals surface area (Å²) in [4.78, 5) is 36.5. The number of nitro benzene ring substituents is 1. The van der Waals surface area contributed by atoms with Gasteiger partial charge in [-0.25, -0.2) is 14.1 Å². The van der Waals surface area contributed by atoms with E-state index in [0.29, 0.717) is 24.3 Å². The maximum atomic E-state index is 14.1. The number of hydrogen-bond donors (Lipinski definition) is 1. The highest BCUT2D eigenvalue weighted by molar-refractivity contribution is 7.80. The van der Waals surface area contributed by atoms with E-state index in [2.05, 4.69) is 12.6 Å². The van der Waals surface area contributed by atoms with E-state index in [9.17, 15) is 24.1 Å². The molecule has 0 atom stereocenters. The minimum Gasteiger partial charge on any atom is -0.289 e. The van der Waals surface area contributed by atoms with Gasteiger partial charge in [-0.2, -0.15) is 0 Å². The van der Waals surface area contributed by atoms with Gasteiger partial charge >= 0.3 is 6.03 Å². The molecule has 0 N–H and O–H groups in total. The van der Waals surface area contributed by atoms with Crippen molar-refractivity contribution in [3.05, 3.63) is 39.8 Å². The molecule has 9 heteroatoms. The van der Waals surface area contributed by atoms with E-state index in [-0.39, 0.29) is 10.6 Å². The third-order valence-electron chi connectivity index (χ3n) is 3.54. The lowest BCUT2D eigenvalue weighted by Gasteiger charge is -2.19. The summed E-state index contributed by atoms with van der Waals surface area (Å²) >= 11 is 3.83. The minimum absolute atomic E-state index is 0.178. The highest BCUT2D eigenvalue weighted by Gasteiger charge is 2.44. The maximum absolute atomic E-state index is 14.1. The average Bonchev–Trinajstić information content (AvgIpc) is 2.72. The number of benzene rings is 1. The van der Waals surface area contributed by atoms with Crippen LogP contribution in [0.4, 0.5) is 20.6 Å². The lowest BCUT2D eigenvalue weighted by molar-refractivity contribution is -0.387. The molecule has 1 fully saturated rings. The first-order chi connectivity index (χ1) is 10.4. The van der Waals surface area contributed by atoms with Crippen LogP contribution in [0, 0.1) is 15.9 Å². The van der Waals surface area contributed by atoms with Crippen molar-refractivity contribution < 1.29 is 18.9 Å². The predicted octanol–water partition coefficient (Wildman–Crippen LogP) is 2.47. The second-order valence-corrected chi connectivity index (χ2v) is 5.34. The fraction of sp³-hybridized carbons (Fsp3) is 0.231. The summed E-state index contributed by atoms with van der Waals surface area (Å²) in [5.41, 5.74) is -0.720. The van der Waals surface area contributed by atoms with Gasteiger partial charge in [0.15, 0.2) is 0 Å². The smallest absolute Gasteiger partial charge is 0.289 e. The van der Waals surface area contributed by atoms with Crippen molar-refractivity contribution in [2.75, 3.05) is 11.4 Å². The Kier molecular flexibility index (Phi) is 3.36. The Morgan fingerprint density at radius 2 is 2.05 bits per heavy atom. The van der Waals surface area contributed by atoms with E-state index in [4.69, 9.17) is 0 Å². The molecular weight excluding hydrogens is 313 g/mol. The molecule has 0 spiro atoms. The fourth-order valence-corrected chi connectivity index (χ4v) is 2.77. The van der Waals surface area contributed by atoms with Gasteiger partial charge in [-0.1, -0.05) is 6.08 Å². The van der Waals surface area contributed by atoms with Gasteiger partial charge in [-0.3, -0.25) is 19.8 Å². The molecular formula is C13H10FN3O4S. The number of fused-ring (bicyclic) bond motifs is 1. The molecule has 114 valence electrons. The minimum atomic E-state index is -0.919. The number of rotatable bonds is 2. The Hall–Kier alpha value is -2.42. The first kappa shape index (κ1) is 14.5. The van der Waals surface area contributed by atoms with E-state index >= 15 is 0 Å². The van der Waals surface area contributed by atoms with Crippen LogP contribution >= 0.6 is 12.6 Å². The quantitative estimate of drug-likeness (QED) is 0.392. The van der Waals surface area contributed by atoms with E-state index < -0.39 is 34.1 Å². The van der Waals surface area contributed by atoms with Crippen molar-refractivity contribution >= 4 is 35.9 Å². The van der Waals surface area contributed by atoms with Crippen molar-refractivity contribution in [3.63, 3.8) is 0 Å². The molecule has 3 rings (SSSR count). The molecule has 0 unspecified atom stereocenters. The molecule has 1 saturated heterocycles. The molecule has 22 heavy (non-hydrogen) atoms. The maximum Gasteiger partial charge on any atom is 0.336 e. The van der Waals surface area contributed by atoms with Crippen molar-refractivity contribution in [2.45, 2.75) is 17.7 Å². The molecule has 0 aliphatic carbocycles. The summed E-state index contributed by atoms with van der Waals surface area (Å²) in [5.74, 6) is -1.59. The second-order valence-electron chi connectivity index (χ2n) is 4.86. The molecule has 1 aromatic rings. The Balaban J connectivity index is 2.12. The number of nitrogens with zero attached hydrogens (tertiary/aromatic N) is 3. The van der Waals surface area contributed by atoms with Crippen LogP contribution in [0.1, 0.15) is 12.8 Å². The molecule has 3 amide bonds. The van der Waals surface area contributed by atoms with Crippen LogP contribution in [0.2, 0.25) is 0 Å². The normalized spacial score (nSPS) is 17.6. The molecule has 0 aromatic heterocycles. The lowest BCUT2D eigenvalue weighted by Crippen LogP contribution is -2.34. The third-order valence-corrected chi connectivity index (χ3v) is 3.90. The van der Waals surface area contributed by atoms with Gasteiger partial charge in [-0.05, 0) is 18.9 Å². The third kappa shape index (κ3) is 2.05. The average molecular weight is 323 g/mol. The first-order valence-corrected chi connectivity index (χ1v) is 6.89. The van der Waals surface area contributed by atoms with E-state index in [1.807, 2.05) is 0 Å². The van der Waals surface area contributed by atoms with Gasteiger partial charge in [0.25, 0.3) is 11.6 Å². The molecule has 2 aliphatic heterocycles. The van der Waals surface area contributed by atoms with E-state index in [0.717, 1.165) is 12.1 Å². The van der Waals surface area contributed by atoms with Gasteiger partial charge in [0.05, 0.1) is 15.5 Å². The Morgan fingerprint density at radius 1 is 1.32 bits per heavy atom. The number of hydrogen-bond acceptors (Lipinski definition) is 5. The summed E-state index contributed by atoms with van der Waals surface area (Å²) in [6, 6.07) is 0.978. The van der Waals surface area contributed by atoms with Crippen LogP contribution in [-0.4, -0.2) is 28.3 Å². The number of amides is 3. The number of anilines is 1. The highest BCUT2D eigenvalue weighted by atomic mass is 32.1. The van der Waals surface area contributed by atoms with Gasteiger partial charge < -0.3 is 0 Å². The topological polar surface area (TPSA) is 83.8 Å². The molecule has 2 heterocycles. The van der Waals surface area contributed by atoms with Crippen molar-refractivity contribution in [2.24, 2.45) is 0 Å². The zero-order valence-corrected chi connectivity index (χ0v) is 12.0. The van der Waals surface area contributed by atoms with Gasteiger partial charge in [0.1, 0.15) is 11.5 Å². The predicted molar refractivity (Wildman–Crippen MR) is 77.2 cm³/mol. The van der Waals surface area contributed by atoms with Crippen LogP contribution < -0.4 is 4.90 Å². The Labute approximate surface area is 129 Å². The summed E-state index contributed by atoms with van der Waals surface area (Å²) in [5, 5.41) is 10.9. The summed E-state index contributed by atoms with van der Waals surface area (Å²) in [7, 11) is 0. The molecule has 2 aliphatic rings. The monoisotopic (exact) mass is 323 g/mol. The number of thiol groups is 1. The SMILES string of the molecule is O=C1C2=CCCCN2C(=O)N1c1cc([N+](=O)[O-])c(S)cc1F. The number of imide groups is 1. The number of allylic oxidation sites excluding steroid dienone is 1. The van der Waals surface area contributed by atoms with Crippen molar-refractivity contribution in [1.82, 2.24) is 4.90 Å². The number of carbonyl (C=O) groups is 2. The van der Waals surface area contributed by atoms with Gasteiger partial charge in [0.2, 0.25) is 0 Å². The first-order valence-electron chi connectivity index (χ1n) is 6.45. The molecule has 1 aromatic carbocycles. The zero-order valence-electron chi connectivity index (χ0n) is 11.2. The largest absolute Gasteiger partial charge is 0.336 e. The summed E-state index contributed by atoms with van der Waals surface area (Å²) in [6.07, 6.45) is 2.97. The van der Waals surface area contributed by atoms with Crippen molar-refractivity contribution in [3.8, 4) is 0 Å². The summed E-state index contributed by atoms with van der Waals surface area (Å²) < 4.78 is 14.1. The van der Waals surface area contributed by atoms with Crippen LogP contribution in [0.15, 0.2) is 28.8 Å². The highest BCUT2D eigenvalue weighted by Crippen LogP contribution is 2.36. The number of carbonyl (C=O) groups excluding carboxylic acids is 2. The van der Waals surface area contributed by atoms with Crippen LogP contribution in [-0.2, 0) is 4.79 Å². The van der Waals surface area contributed by atoms with Crippen LogP contribution in [0.3, 0.4) is 0 Å².